The molecule has 3 aromatic carbocycles. The van der Waals surface area contributed by atoms with Crippen LogP contribution in [0.15, 0.2) is 54.6 Å². The van der Waals surface area contributed by atoms with Crippen molar-refractivity contribution in [1.82, 2.24) is 19.9 Å². The summed E-state index contributed by atoms with van der Waals surface area (Å²) in [7, 11) is 0. The number of aromatic amines is 2. The first-order valence-corrected chi connectivity index (χ1v) is 10.1. The van der Waals surface area contributed by atoms with Gasteiger partial charge in [0.25, 0.3) is 0 Å². The van der Waals surface area contributed by atoms with Crippen molar-refractivity contribution in [2.75, 3.05) is 0 Å². The van der Waals surface area contributed by atoms with Gasteiger partial charge in [-0.05, 0) is 73.4 Å². The maximum atomic E-state index is 4.77. The van der Waals surface area contributed by atoms with Crippen molar-refractivity contribution < 1.29 is 2.85 Å². The van der Waals surface area contributed by atoms with E-state index in [1.807, 2.05) is 20.8 Å². The fourth-order valence-electron chi connectivity index (χ4n) is 3.53. The molecule has 0 atom stereocenters. The first kappa shape index (κ1) is 18.9. The van der Waals surface area contributed by atoms with Gasteiger partial charge in [0.1, 0.15) is 11.6 Å². The molecule has 0 aliphatic carbocycles. The van der Waals surface area contributed by atoms with E-state index in [0.717, 1.165) is 50.4 Å². The average Bonchev–Trinajstić information content (AvgIpc) is 3.32. The number of rotatable bonds is 2. The van der Waals surface area contributed by atoms with E-state index in [2.05, 4.69) is 83.4 Å². The van der Waals surface area contributed by atoms with Crippen molar-refractivity contribution >= 4 is 22.1 Å². The second-order valence-corrected chi connectivity index (χ2v) is 7.17. The highest BCUT2D eigenvalue weighted by molar-refractivity contribution is 5.87. The molecule has 0 spiro atoms. The van der Waals surface area contributed by atoms with Crippen molar-refractivity contribution in [1.29, 1.82) is 0 Å². The van der Waals surface area contributed by atoms with Crippen LogP contribution in [0.1, 0.15) is 33.7 Å². The van der Waals surface area contributed by atoms with Crippen molar-refractivity contribution in [3.8, 4) is 22.5 Å². The molecule has 0 saturated heterocycles. The lowest BCUT2D eigenvalue weighted by atomic mass is 10.0. The monoisotopic (exact) mass is 386 g/mol. The summed E-state index contributed by atoms with van der Waals surface area (Å²) in [5.41, 5.74) is 10.1. The van der Waals surface area contributed by atoms with Crippen molar-refractivity contribution in [3.05, 3.63) is 71.5 Å². The summed E-state index contributed by atoms with van der Waals surface area (Å²) in [6.45, 7) is 10.2. The summed E-state index contributed by atoms with van der Waals surface area (Å²) in [6.07, 6.45) is 0. The van der Waals surface area contributed by atoms with Crippen molar-refractivity contribution in [3.63, 3.8) is 0 Å². The molecule has 29 heavy (non-hydrogen) atoms. The molecule has 2 heterocycles. The Morgan fingerprint density at radius 3 is 1.86 bits per heavy atom. The Kier molecular flexibility index (Phi) is 4.93. The third-order valence-corrected chi connectivity index (χ3v) is 5.20. The zero-order chi connectivity index (χ0) is 20.5. The fraction of sp³-hybridized carbons (Fsp3) is 0.200. The molecule has 0 unspecified atom stereocenters. The number of aryl methyl sites for hydroxylation is 3. The summed E-state index contributed by atoms with van der Waals surface area (Å²) in [6, 6.07) is 19.1. The molecule has 0 bridgehead atoms. The molecular weight excluding hydrogens is 356 g/mol. The van der Waals surface area contributed by atoms with E-state index in [4.69, 9.17) is 4.98 Å². The SMILES string of the molecule is CC.Cc1nc2ccc(-c3ccc4nc(-c5ccc(C)c(C)c5)[nH]c4c3)cc2[nH]1.[HH].[HH]. The van der Waals surface area contributed by atoms with E-state index in [-0.39, 0.29) is 2.85 Å². The van der Waals surface area contributed by atoms with Crippen LogP contribution in [0, 0.1) is 20.8 Å². The van der Waals surface area contributed by atoms with Crippen LogP contribution in [0.4, 0.5) is 0 Å². The topological polar surface area (TPSA) is 57.4 Å². The fourth-order valence-corrected chi connectivity index (χ4v) is 3.53. The first-order chi connectivity index (χ1) is 14.1. The standard InChI is InChI=1S/C23H20N4.C2H6.2H2/c1-13-4-5-18(10-14(13)2)23-26-20-9-7-17(12-22(20)27-23)16-6-8-19-21(11-16)25-15(3)24-19;1-2;;/h4-12H,1-3H3,(H,24,25)(H,26,27);1-2H3;2*1H. The van der Waals surface area contributed by atoms with Crippen LogP contribution in [0.2, 0.25) is 0 Å². The van der Waals surface area contributed by atoms with Gasteiger partial charge in [0, 0.05) is 8.42 Å². The van der Waals surface area contributed by atoms with Crippen LogP contribution in [0.25, 0.3) is 44.6 Å². The lowest BCUT2D eigenvalue weighted by Gasteiger charge is -2.02. The van der Waals surface area contributed by atoms with Gasteiger partial charge in [0.05, 0.1) is 22.1 Å². The van der Waals surface area contributed by atoms with Crippen LogP contribution in [0.3, 0.4) is 0 Å². The third kappa shape index (κ3) is 3.54. The molecule has 5 rings (SSSR count). The van der Waals surface area contributed by atoms with Gasteiger partial charge in [-0.15, -0.1) is 0 Å². The average molecular weight is 387 g/mol. The highest BCUT2D eigenvalue weighted by Gasteiger charge is 2.09. The van der Waals surface area contributed by atoms with Gasteiger partial charge in [-0.1, -0.05) is 38.1 Å². The van der Waals surface area contributed by atoms with Gasteiger partial charge in [-0.3, -0.25) is 0 Å². The molecule has 0 radical (unpaired) electrons. The van der Waals surface area contributed by atoms with E-state index in [1.165, 1.54) is 11.1 Å². The number of fused-ring (bicyclic) bond motifs is 2. The molecule has 2 aromatic heterocycles. The number of hydrogen-bond acceptors (Lipinski definition) is 2. The van der Waals surface area contributed by atoms with E-state index < -0.39 is 0 Å². The van der Waals surface area contributed by atoms with Gasteiger partial charge >= 0.3 is 0 Å². The minimum absolute atomic E-state index is 0. The summed E-state index contributed by atoms with van der Waals surface area (Å²) in [5, 5.41) is 0. The normalized spacial score (nSPS) is 10.9. The van der Waals surface area contributed by atoms with Gasteiger partial charge < -0.3 is 9.97 Å². The summed E-state index contributed by atoms with van der Waals surface area (Å²) in [4.78, 5) is 16.0. The Bertz CT molecular complexity index is 1320. The van der Waals surface area contributed by atoms with E-state index >= 15 is 0 Å². The molecule has 0 amide bonds. The second kappa shape index (κ2) is 7.55. The van der Waals surface area contributed by atoms with Crippen molar-refractivity contribution in [2.45, 2.75) is 34.6 Å². The number of aromatic nitrogens is 4. The molecule has 150 valence electrons. The molecule has 0 aliphatic rings. The Morgan fingerprint density at radius 2 is 1.21 bits per heavy atom. The summed E-state index contributed by atoms with van der Waals surface area (Å²) >= 11 is 0. The largest absolute Gasteiger partial charge is 0.342 e. The molecule has 4 heteroatoms. The van der Waals surface area contributed by atoms with E-state index in [1.54, 1.807) is 0 Å². The van der Waals surface area contributed by atoms with Crippen molar-refractivity contribution in [2.24, 2.45) is 0 Å². The summed E-state index contributed by atoms with van der Waals surface area (Å²) < 4.78 is 0. The minimum atomic E-state index is 0. The Morgan fingerprint density at radius 1 is 0.621 bits per heavy atom. The van der Waals surface area contributed by atoms with Crippen LogP contribution < -0.4 is 0 Å². The number of nitrogens with zero attached hydrogens (tertiary/aromatic N) is 2. The molecule has 4 nitrogen and oxygen atoms in total. The van der Waals surface area contributed by atoms with E-state index in [0.29, 0.717) is 0 Å². The van der Waals surface area contributed by atoms with Crippen LogP contribution in [0.5, 0.6) is 0 Å². The van der Waals surface area contributed by atoms with Crippen LogP contribution >= 0.6 is 0 Å². The molecule has 5 aromatic rings. The van der Waals surface area contributed by atoms with Crippen LogP contribution in [-0.2, 0) is 0 Å². The Hall–Kier alpha value is -3.40. The van der Waals surface area contributed by atoms with Crippen LogP contribution in [-0.4, -0.2) is 19.9 Å². The predicted molar refractivity (Wildman–Crippen MR) is 126 cm³/mol. The van der Waals surface area contributed by atoms with Gasteiger partial charge in [0.15, 0.2) is 0 Å². The smallest absolute Gasteiger partial charge is 0.138 e. The highest BCUT2D eigenvalue weighted by atomic mass is 14.9. The third-order valence-electron chi connectivity index (χ3n) is 5.20. The minimum Gasteiger partial charge on any atom is -0.342 e. The number of hydrogen-bond donors (Lipinski definition) is 2. The maximum Gasteiger partial charge on any atom is 0.138 e. The van der Waals surface area contributed by atoms with Gasteiger partial charge in [-0.25, -0.2) is 9.97 Å². The Balaban J connectivity index is 0.000000830. The first-order valence-electron chi connectivity index (χ1n) is 10.1. The number of imidazole rings is 2. The lowest BCUT2D eigenvalue weighted by Crippen LogP contribution is -1.84. The number of nitrogens with one attached hydrogen (secondary N) is 2. The lowest BCUT2D eigenvalue weighted by molar-refractivity contribution is 1.17. The zero-order valence-electron chi connectivity index (χ0n) is 17.6. The molecular formula is C25H30N4. The summed E-state index contributed by atoms with van der Waals surface area (Å²) in [5.74, 6) is 1.84. The van der Waals surface area contributed by atoms with E-state index in [9.17, 15) is 0 Å². The predicted octanol–water partition coefficient (Wildman–Crippen LogP) is 7.22. The zero-order valence-corrected chi connectivity index (χ0v) is 17.6. The second-order valence-electron chi connectivity index (χ2n) is 7.17. The van der Waals surface area contributed by atoms with Gasteiger partial charge in [0.2, 0.25) is 0 Å². The molecule has 0 fully saturated rings. The maximum absolute atomic E-state index is 4.77. The highest BCUT2D eigenvalue weighted by Crippen LogP contribution is 2.28. The number of benzene rings is 3. The van der Waals surface area contributed by atoms with Gasteiger partial charge in [-0.2, -0.15) is 0 Å². The quantitative estimate of drug-likeness (QED) is 0.336. The Labute approximate surface area is 174 Å². The molecule has 2 N–H and O–H groups in total. The molecule has 0 aliphatic heterocycles. The molecule has 0 saturated carbocycles. The number of H-pyrrole nitrogens is 2.